The smallest absolute Gasteiger partial charge is 0.254 e. The number of hydrogen-bond donors (Lipinski definition) is 2. The Kier molecular flexibility index (Phi) is 9.34. The lowest BCUT2D eigenvalue weighted by Crippen LogP contribution is -2.43. The second-order valence-electron chi connectivity index (χ2n) is 6.85. The topological polar surface area (TPSA) is 106 Å². The van der Waals surface area contributed by atoms with E-state index in [9.17, 15) is 14.4 Å². The summed E-state index contributed by atoms with van der Waals surface area (Å²) in [4.78, 5) is 38.8. The maximum atomic E-state index is 12.9. The fourth-order valence-electron chi connectivity index (χ4n) is 2.96. The fraction of sp³-hybridized carbons (Fsp3) is 0.348. The van der Waals surface area contributed by atoms with Crippen molar-refractivity contribution in [3.63, 3.8) is 0 Å². The van der Waals surface area contributed by atoms with E-state index in [1.165, 1.54) is 19.1 Å². The molecular weight excluding hydrogens is 414 g/mol. The first-order chi connectivity index (χ1) is 15.4. The molecule has 0 spiro atoms. The number of methoxy groups -OCH3 is 3. The molecule has 32 heavy (non-hydrogen) atoms. The minimum Gasteiger partial charge on any atom is -0.497 e. The Bertz CT molecular complexity index is 930. The summed E-state index contributed by atoms with van der Waals surface area (Å²) in [5, 5.41) is 5.23. The summed E-state index contributed by atoms with van der Waals surface area (Å²) < 4.78 is 15.5. The zero-order valence-electron chi connectivity index (χ0n) is 18.8. The fourth-order valence-corrected chi connectivity index (χ4v) is 2.96. The van der Waals surface area contributed by atoms with Gasteiger partial charge in [-0.15, -0.1) is 0 Å². The van der Waals surface area contributed by atoms with Gasteiger partial charge in [0.25, 0.3) is 5.91 Å². The largest absolute Gasteiger partial charge is 0.497 e. The monoisotopic (exact) mass is 443 g/mol. The van der Waals surface area contributed by atoms with Gasteiger partial charge in [-0.25, -0.2) is 0 Å². The minimum absolute atomic E-state index is 0.170. The average molecular weight is 444 g/mol. The predicted octanol–water partition coefficient (Wildman–Crippen LogP) is 2.32. The summed E-state index contributed by atoms with van der Waals surface area (Å²) in [7, 11) is 4.55. The van der Waals surface area contributed by atoms with Crippen LogP contribution in [0.4, 0.5) is 5.69 Å². The van der Waals surface area contributed by atoms with E-state index in [0.29, 0.717) is 41.5 Å². The summed E-state index contributed by atoms with van der Waals surface area (Å²) >= 11 is 0. The molecule has 0 radical (unpaired) electrons. The van der Waals surface area contributed by atoms with Crippen LogP contribution in [0.5, 0.6) is 17.2 Å². The Balaban J connectivity index is 1.94. The molecule has 0 fully saturated rings. The van der Waals surface area contributed by atoms with E-state index in [-0.39, 0.29) is 24.9 Å². The third kappa shape index (κ3) is 6.90. The number of amides is 3. The van der Waals surface area contributed by atoms with Crippen molar-refractivity contribution >= 4 is 23.4 Å². The van der Waals surface area contributed by atoms with Gasteiger partial charge in [-0.2, -0.15) is 0 Å². The molecule has 2 aromatic rings. The highest BCUT2D eigenvalue weighted by Crippen LogP contribution is 2.28. The molecule has 0 aromatic heterocycles. The highest BCUT2D eigenvalue weighted by molar-refractivity contribution is 5.98. The normalized spacial score (nSPS) is 10.1. The number of ether oxygens (including phenoxy) is 3. The standard InChI is InChI=1S/C23H29N3O6/c1-5-12-26(23(29)16-6-11-19(31-3)20(13-16)32-4)15-22(28)24-14-21(27)25-17-7-9-18(30-2)10-8-17/h6-11,13H,5,12,14-15H2,1-4H3,(H,24,28)(H,25,27). The number of benzene rings is 2. The zero-order chi connectivity index (χ0) is 23.5. The second kappa shape index (κ2) is 12.2. The first-order valence-electron chi connectivity index (χ1n) is 10.1. The molecule has 0 aliphatic heterocycles. The van der Waals surface area contributed by atoms with Crippen LogP contribution in [0, 0.1) is 0 Å². The molecule has 2 aromatic carbocycles. The van der Waals surface area contributed by atoms with Crippen molar-refractivity contribution in [2.75, 3.05) is 46.3 Å². The highest BCUT2D eigenvalue weighted by atomic mass is 16.5. The van der Waals surface area contributed by atoms with Gasteiger partial charge in [0.05, 0.1) is 34.4 Å². The molecule has 0 heterocycles. The molecule has 0 unspecified atom stereocenters. The Hall–Kier alpha value is -3.75. The number of nitrogens with one attached hydrogen (secondary N) is 2. The van der Waals surface area contributed by atoms with Crippen molar-refractivity contribution < 1.29 is 28.6 Å². The Morgan fingerprint density at radius 1 is 0.875 bits per heavy atom. The highest BCUT2D eigenvalue weighted by Gasteiger charge is 2.20. The molecule has 3 amide bonds. The van der Waals surface area contributed by atoms with Crippen LogP contribution in [0.1, 0.15) is 23.7 Å². The van der Waals surface area contributed by atoms with E-state index in [4.69, 9.17) is 14.2 Å². The number of nitrogens with zero attached hydrogens (tertiary/aromatic N) is 1. The molecule has 0 bridgehead atoms. The molecule has 2 rings (SSSR count). The van der Waals surface area contributed by atoms with Crippen molar-refractivity contribution in [2.24, 2.45) is 0 Å². The molecule has 0 aliphatic rings. The molecular formula is C23H29N3O6. The summed E-state index contributed by atoms with van der Waals surface area (Å²) in [5.74, 6) is 0.479. The van der Waals surface area contributed by atoms with Gasteiger partial charge in [-0.1, -0.05) is 6.92 Å². The van der Waals surface area contributed by atoms with Gasteiger partial charge < -0.3 is 29.7 Å². The van der Waals surface area contributed by atoms with Gasteiger partial charge in [0, 0.05) is 17.8 Å². The van der Waals surface area contributed by atoms with E-state index < -0.39 is 5.91 Å². The minimum atomic E-state index is -0.433. The lowest BCUT2D eigenvalue weighted by molar-refractivity contribution is -0.124. The van der Waals surface area contributed by atoms with Crippen LogP contribution in [0.25, 0.3) is 0 Å². The lowest BCUT2D eigenvalue weighted by Gasteiger charge is -2.22. The van der Waals surface area contributed by atoms with E-state index in [1.807, 2.05) is 6.92 Å². The summed E-state index contributed by atoms with van der Waals surface area (Å²) in [6.45, 7) is 1.92. The summed E-state index contributed by atoms with van der Waals surface area (Å²) in [6, 6.07) is 11.7. The van der Waals surface area contributed by atoms with Crippen molar-refractivity contribution in [1.29, 1.82) is 0 Å². The molecule has 0 saturated carbocycles. The number of carbonyl (C=O) groups is 3. The van der Waals surface area contributed by atoms with Crippen LogP contribution < -0.4 is 24.8 Å². The SMILES string of the molecule is CCCN(CC(=O)NCC(=O)Nc1ccc(OC)cc1)C(=O)c1ccc(OC)c(OC)c1. The summed E-state index contributed by atoms with van der Waals surface area (Å²) in [6.07, 6.45) is 0.671. The van der Waals surface area contributed by atoms with Gasteiger partial charge in [0.15, 0.2) is 11.5 Å². The van der Waals surface area contributed by atoms with Crippen molar-refractivity contribution in [2.45, 2.75) is 13.3 Å². The molecule has 0 saturated heterocycles. The van der Waals surface area contributed by atoms with Gasteiger partial charge in [-0.05, 0) is 48.9 Å². The van der Waals surface area contributed by atoms with Crippen LogP contribution in [0.15, 0.2) is 42.5 Å². The molecule has 0 atom stereocenters. The maximum absolute atomic E-state index is 12.9. The first-order valence-corrected chi connectivity index (χ1v) is 10.1. The molecule has 9 nitrogen and oxygen atoms in total. The molecule has 0 aliphatic carbocycles. The lowest BCUT2D eigenvalue weighted by atomic mass is 10.1. The van der Waals surface area contributed by atoms with E-state index >= 15 is 0 Å². The number of carbonyl (C=O) groups excluding carboxylic acids is 3. The van der Waals surface area contributed by atoms with E-state index in [2.05, 4.69) is 10.6 Å². The third-order valence-electron chi connectivity index (χ3n) is 4.57. The number of anilines is 1. The van der Waals surface area contributed by atoms with Crippen molar-refractivity contribution in [3.8, 4) is 17.2 Å². The maximum Gasteiger partial charge on any atom is 0.254 e. The van der Waals surface area contributed by atoms with E-state index in [0.717, 1.165) is 0 Å². The van der Waals surface area contributed by atoms with Crippen LogP contribution in [-0.2, 0) is 9.59 Å². The van der Waals surface area contributed by atoms with Crippen LogP contribution in [0.2, 0.25) is 0 Å². The second-order valence-corrected chi connectivity index (χ2v) is 6.85. The quantitative estimate of drug-likeness (QED) is 0.552. The van der Waals surface area contributed by atoms with Gasteiger partial charge in [0.1, 0.15) is 5.75 Å². The predicted molar refractivity (Wildman–Crippen MR) is 120 cm³/mol. The average Bonchev–Trinajstić information content (AvgIpc) is 2.82. The number of hydrogen-bond acceptors (Lipinski definition) is 6. The van der Waals surface area contributed by atoms with Crippen LogP contribution in [0.3, 0.4) is 0 Å². The van der Waals surface area contributed by atoms with Crippen molar-refractivity contribution in [1.82, 2.24) is 10.2 Å². The van der Waals surface area contributed by atoms with Crippen LogP contribution >= 0.6 is 0 Å². The van der Waals surface area contributed by atoms with Gasteiger partial charge in [0.2, 0.25) is 11.8 Å². The van der Waals surface area contributed by atoms with Gasteiger partial charge in [-0.3, -0.25) is 14.4 Å². The van der Waals surface area contributed by atoms with Gasteiger partial charge >= 0.3 is 0 Å². The number of rotatable bonds is 11. The summed E-state index contributed by atoms with van der Waals surface area (Å²) in [5.41, 5.74) is 0.961. The molecule has 2 N–H and O–H groups in total. The molecule has 9 heteroatoms. The van der Waals surface area contributed by atoms with Crippen LogP contribution in [-0.4, -0.2) is 63.6 Å². The third-order valence-corrected chi connectivity index (χ3v) is 4.57. The Morgan fingerprint density at radius 2 is 1.56 bits per heavy atom. The Morgan fingerprint density at radius 3 is 2.16 bits per heavy atom. The Labute approximate surface area is 187 Å². The zero-order valence-corrected chi connectivity index (χ0v) is 18.8. The molecule has 172 valence electrons. The first kappa shape index (κ1) is 24.5. The van der Waals surface area contributed by atoms with E-state index in [1.54, 1.807) is 49.6 Å². The van der Waals surface area contributed by atoms with Crippen molar-refractivity contribution in [3.05, 3.63) is 48.0 Å².